The van der Waals surface area contributed by atoms with Crippen molar-refractivity contribution in [3.8, 4) is 5.75 Å². The summed E-state index contributed by atoms with van der Waals surface area (Å²) in [7, 11) is 3.34. The smallest absolute Gasteiger partial charge is 0.342 e. The zero-order chi connectivity index (χ0) is 20.2. The van der Waals surface area contributed by atoms with Crippen LogP contribution in [0.25, 0.3) is 10.9 Å². The topological polar surface area (TPSA) is 75.0 Å². The van der Waals surface area contributed by atoms with Crippen molar-refractivity contribution in [2.45, 2.75) is 10.4 Å². The number of carboxylic acids is 1. The molecule has 2 aromatic rings. The van der Waals surface area contributed by atoms with Crippen LogP contribution in [0.1, 0.15) is 15.7 Å². The Morgan fingerprint density at radius 2 is 2.04 bits per heavy atom. The molecule has 4 rings (SSSR count). The molecule has 3 heterocycles. The summed E-state index contributed by atoms with van der Waals surface area (Å²) in [5.41, 5.74) is -0.796. The number of anilines is 1. The molecule has 2 aliphatic rings. The molecule has 0 radical (unpaired) electrons. The zero-order valence-electron chi connectivity index (χ0n) is 15.4. The highest BCUT2D eigenvalue weighted by Crippen LogP contribution is 2.50. The molecule has 7 nitrogen and oxygen atoms in total. The minimum Gasteiger partial charge on any atom is -0.492 e. The number of nitrogens with zero attached hydrogens (tertiary/aromatic N) is 3. The molecule has 1 aromatic heterocycles. The number of piperazine rings is 1. The largest absolute Gasteiger partial charge is 0.492 e. The minimum atomic E-state index is -1.41. The number of hydrogen-bond acceptors (Lipinski definition) is 6. The lowest BCUT2D eigenvalue weighted by atomic mass is 10.1. The van der Waals surface area contributed by atoms with E-state index in [4.69, 9.17) is 4.74 Å². The monoisotopic (exact) mass is 411 g/mol. The van der Waals surface area contributed by atoms with Gasteiger partial charge in [0.25, 0.3) is 0 Å². The van der Waals surface area contributed by atoms with Crippen LogP contribution in [0.15, 0.2) is 15.9 Å². The first-order chi connectivity index (χ1) is 13.4. The predicted octanol–water partition coefficient (Wildman–Crippen LogP) is 2.17. The van der Waals surface area contributed by atoms with Gasteiger partial charge in [-0.3, -0.25) is 4.79 Å². The number of aromatic carboxylic acids is 1. The molecule has 2 aliphatic heterocycles. The van der Waals surface area contributed by atoms with Gasteiger partial charge in [-0.15, -0.1) is 0 Å². The Kier molecular flexibility index (Phi) is 4.70. The maximum atomic E-state index is 15.1. The molecule has 1 aromatic carbocycles. The van der Waals surface area contributed by atoms with Crippen molar-refractivity contribution < 1.29 is 23.4 Å². The van der Waals surface area contributed by atoms with Crippen LogP contribution in [0.2, 0.25) is 0 Å². The number of pyridine rings is 1. The Bertz CT molecular complexity index is 1030. The van der Waals surface area contributed by atoms with E-state index >= 15 is 4.39 Å². The quantitative estimate of drug-likeness (QED) is 0.827. The minimum absolute atomic E-state index is 0.118. The van der Waals surface area contributed by atoms with Crippen LogP contribution >= 0.6 is 11.8 Å². The first-order valence-electron chi connectivity index (χ1n) is 8.77. The third kappa shape index (κ3) is 2.66. The molecule has 0 bridgehead atoms. The van der Waals surface area contributed by atoms with Crippen molar-refractivity contribution in [1.29, 1.82) is 0 Å². The lowest BCUT2D eigenvalue weighted by Gasteiger charge is -2.37. The summed E-state index contributed by atoms with van der Waals surface area (Å²) in [5, 5.41) is 8.81. The highest BCUT2D eigenvalue weighted by Gasteiger charge is 2.38. The van der Waals surface area contributed by atoms with E-state index in [1.165, 1.54) is 11.7 Å². The number of carbonyl (C=O) groups is 1. The van der Waals surface area contributed by atoms with Gasteiger partial charge in [-0.2, -0.15) is 0 Å². The molecule has 1 unspecified atom stereocenters. The van der Waals surface area contributed by atoms with Crippen LogP contribution in [0.4, 0.5) is 14.5 Å². The van der Waals surface area contributed by atoms with Gasteiger partial charge >= 0.3 is 5.97 Å². The van der Waals surface area contributed by atoms with E-state index in [1.54, 1.807) is 0 Å². The molecule has 10 heteroatoms. The summed E-state index contributed by atoms with van der Waals surface area (Å²) in [6.07, 6.45) is 0. The average Bonchev–Trinajstić information content (AvgIpc) is 2.64. The summed E-state index contributed by atoms with van der Waals surface area (Å²) in [6, 6.07) is 1.05. The van der Waals surface area contributed by atoms with Crippen LogP contribution in [-0.4, -0.2) is 67.6 Å². The fraction of sp³-hybridized carbons (Fsp3) is 0.444. The molecule has 1 saturated heterocycles. The van der Waals surface area contributed by atoms with Gasteiger partial charge in [0.1, 0.15) is 23.3 Å². The number of likely N-dealkylation sites (N-methyl/N-ethyl adjacent to an activating group) is 1. The second-order valence-electron chi connectivity index (χ2n) is 6.84. The lowest BCUT2D eigenvalue weighted by Crippen LogP contribution is -2.45. The molecule has 150 valence electrons. The zero-order valence-corrected chi connectivity index (χ0v) is 16.2. The molecule has 28 heavy (non-hydrogen) atoms. The first-order valence-corrected chi connectivity index (χ1v) is 9.65. The number of methoxy groups -OCH3 is 1. The predicted molar refractivity (Wildman–Crippen MR) is 102 cm³/mol. The summed E-state index contributed by atoms with van der Waals surface area (Å²) < 4.78 is 35.5. The van der Waals surface area contributed by atoms with E-state index in [0.717, 1.165) is 30.9 Å². The van der Waals surface area contributed by atoms with Gasteiger partial charge in [0, 0.05) is 26.2 Å². The molecule has 0 aliphatic carbocycles. The molecular formula is C18H19F2N3O4S. The number of carboxylic acid groups (broad SMARTS) is 1. The Morgan fingerprint density at radius 3 is 2.61 bits per heavy atom. The van der Waals surface area contributed by atoms with Crippen LogP contribution in [0.3, 0.4) is 0 Å². The van der Waals surface area contributed by atoms with Gasteiger partial charge in [0.05, 0.1) is 23.0 Å². The van der Waals surface area contributed by atoms with Gasteiger partial charge in [-0.25, -0.2) is 13.6 Å². The van der Waals surface area contributed by atoms with Crippen molar-refractivity contribution in [3.63, 3.8) is 0 Å². The number of thioether (sulfide) groups is 1. The number of benzene rings is 1. The Hall–Kier alpha value is -2.33. The molecule has 1 atom stereocenters. The first kappa shape index (κ1) is 19.0. The van der Waals surface area contributed by atoms with Crippen LogP contribution in [-0.2, 0) is 0 Å². The van der Waals surface area contributed by atoms with Gasteiger partial charge < -0.3 is 24.2 Å². The standard InChI is InChI=1S/C18H19F2N3O4S/c1-21-3-5-22(6-4-21)14-10(20)7-9-13(16(14)27-2)23-11(8-19)28-17(23)12(15(9)24)18(25)26/h7,11H,3-6,8H2,1-2H3,(H,25,26). The highest BCUT2D eigenvalue weighted by molar-refractivity contribution is 8.00. The number of fused-ring (bicyclic) bond motifs is 3. The van der Waals surface area contributed by atoms with Crippen molar-refractivity contribution in [3.05, 3.63) is 27.7 Å². The molecule has 1 fully saturated rings. The highest BCUT2D eigenvalue weighted by atomic mass is 32.2. The number of aromatic nitrogens is 1. The van der Waals surface area contributed by atoms with Gasteiger partial charge in [0.2, 0.25) is 5.43 Å². The summed E-state index contributed by atoms with van der Waals surface area (Å²) >= 11 is 0.986. The summed E-state index contributed by atoms with van der Waals surface area (Å²) in [5.74, 6) is -1.94. The number of halogens is 2. The van der Waals surface area contributed by atoms with Crippen molar-refractivity contribution in [2.24, 2.45) is 0 Å². The number of alkyl halides is 1. The van der Waals surface area contributed by atoms with Crippen molar-refractivity contribution >= 4 is 34.3 Å². The summed E-state index contributed by atoms with van der Waals surface area (Å²) in [4.78, 5) is 28.3. The van der Waals surface area contributed by atoms with Crippen LogP contribution < -0.4 is 15.1 Å². The van der Waals surface area contributed by atoms with E-state index in [1.807, 2.05) is 11.9 Å². The van der Waals surface area contributed by atoms with Crippen molar-refractivity contribution in [2.75, 3.05) is 51.9 Å². The van der Waals surface area contributed by atoms with Crippen LogP contribution in [0, 0.1) is 5.82 Å². The fourth-order valence-corrected chi connectivity index (χ4v) is 4.91. The maximum absolute atomic E-state index is 15.1. The molecule has 0 saturated carbocycles. The van der Waals surface area contributed by atoms with Gasteiger partial charge in [-0.1, -0.05) is 11.8 Å². The molecule has 0 amide bonds. The van der Waals surface area contributed by atoms with Crippen LogP contribution in [0.5, 0.6) is 5.75 Å². The number of hydrogen-bond donors (Lipinski definition) is 1. The number of ether oxygens (including phenoxy) is 1. The van der Waals surface area contributed by atoms with Gasteiger partial charge in [-0.05, 0) is 13.1 Å². The van der Waals surface area contributed by atoms with E-state index in [2.05, 4.69) is 4.90 Å². The maximum Gasteiger partial charge on any atom is 0.342 e. The Labute approximate surface area is 163 Å². The second-order valence-corrected chi connectivity index (χ2v) is 8.00. The van der Waals surface area contributed by atoms with E-state index < -0.39 is 34.8 Å². The van der Waals surface area contributed by atoms with E-state index in [-0.39, 0.29) is 27.4 Å². The Balaban J connectivity index is 2.04. The SMILES string of the molecule is COc1c(N2CCN(C)CC2)c(F)cc2c(=O)c(C(=O)O)c3n(c12)C(CF)S3. The van der Waals surface area contributed by atoms with Gasteiger partial charge in [0.15, 0.2) is 11.6 Å². The number of rotatable bonds is 4. The third-order valence-corrected chi connectivity index (χ3v) is 6.47. The summed E-state index contributed by atoms with van der Waals surface area (Å²) in [6.45, 7) is 1.86. The normalized spacial score (nSPS) is 19.4. The lowest BCUT2D eigenvalue weighted by molar-refractivity contribution is 0.0689. The van der Waals surface area contributed by atoms with E-state index in [0.29, 0.717) is 13.1 Å². The second kappa shape index (κ2) is 6.93. The molecule has 0 spiro atoms. The fourth-order valence-electron chi connectivity index (χ4n) is 3.80. The van der Waals surface area contributed by atoms with E-state index in [9.17, 15) is 19.1 Å². The third-order valence-electron chi connectivity index (χ3n) is 5.23. The molecular weight excluding hydrogens is 392 g/mol. The molecule has 1 N–H and O–H groups in total. The average molecular weight is 411 g/mol. The Morgan fingerprint density at radius 1 is 1.36 bits per heavy atom. The van der Waals surface area contributed by atoms with Crippen molar-refractivity contribution in [1.82, 2.24) is 9.47 Å².